The Morgan fingerprint density at radius 1 is 0.981 bits per heavy atom. The number of ether oxygens (including phenoxy) is 1. The lowest BCUT2D eigenvalue weighted by Crippen LogP contribution is -2.35. The maximum atomic E-state index is 13.1. The number of aromatic hydroxyl groups is 1. The van der Waals surface area contributed by atoms with Gasteiger partial charge in [-0.2, -0.15) is 0 Å². The van der Waals surface area contributed by atoms with E-state index in [2.05, 4.69) is 78.2 Å². The number of ketones is 2. The van der Waals surface area contributed by atoms with Gasteiger partial charge in [0.25, 0.3) is 0 Å². The second kappa shape index (κ2) is 20.3. The molecule has 1 saturated carbocycles. The lowest BCUT2D eigenvalue weighted by atomic mass is 9.74. The summed E-state index contributed by atoms with van der Waals surface area (Å²) in [6, 6.07) is 22.9. The van der Waals surface area contributed by atoms with Gasteiger partial charge in [-0.15, -0.1) is 0 Å². The zero-order valence-corrected chi connectivity index (χ0v) is 32.7. The Bertz CT molecular complexity index is 1790. The molecule has 0 radical (unpaired) electrons. The smallest absolute Gasteiger partial charge is 0.163 e. The van der Waals surface area contributed by atoms with E-state index in [1.54, 1.807) is 18.2 Å². The van der Waals surface area contributed by atoms with Crippen LogP contribution in [0.15, 0.2) is 96.2 Å². The molecule has 5 N–H and O–H groups in total. The number of aryl methyl sites for hydroxylation is 3. The van der Waals surface area contributed by atoms with Crippen LogP contribution >= 0.6 is 0 Å². The number of benzene rings is 3. The van der Waals surface area contributed by atoms with Crippen LogP contribution in [0.3, 0.4) is 0 Å². The van der Waals surface area contributed by atoms with Crippen molar-refractivity contribution in [2.75, 3.05) is 20.7 Å². The van der Waals surface area contributed by atoms with Gasteiger partial charge in [0.1, 0.15) is 5.78 Å². The summed E-state index contributed by atoms with van der Waals surface area (Å²) in [5, 5.41) is 17.3. The second-order valence-corrected chi connectivity index (χ2v) is 15.7. The standard InChI is InChI=1S/C47H61N3O4/c1-34(32-49-2)31-47(22-7-8-23-47)24-10-15-42(51)30-43(52)21-20-38-28-45(54-3)44(53)27-40(38)26-41-33-50-46(48)29-39(41)19-18-37-14-9-13-36(25-37)17-16-35-11-5-4-6-12-35/h4-6,9,11-14,20-21,25,27-29,33-34,46,49-50,53H,7-8,10,15-19,22-24,26,30-32,48H2,1-3H3. The summed E-state index contributed by atoms with van der Waals surface area (Å²) in [4.78, 5) is 26.0. The maximum Gasteiger partial charge on any atom is 0.163 e. The van der Waals surface area contributed by atoms with Crippen molar-refractivity contribution in [1.82, 2.24) is 10.6 Å². The molecule has 7 nitrogen and oxygen atoms in total. The normalized spacial score (nSPS) is 17.1. The number of hydrogen-bond donors (Lipinski definition) is 4. The number of rotatable bonds is 21. The van der Waals surface area contributed by atoms with Crippen molar-refractivity contribution >= 4 is 17.6 Å². The average Bonchev–Trinajstić information content (AvgIpc) is 3.62. The van der Waals surface area contributed by atoms with Crippen molar-refractivity contribution < 1.29 is 19.4 Å². The van der Waals surface area contributed by atoms with Crippen LogP contribution in [-0.2, 0) is 35.3 Å². The van der Waals surface area contributed by atoms with Crippen LogP contribution in [-0.4, -0.2) is 43.5 Å². The number of allylic oxidation sites excluding steroid dienone is 3. The molecule has 1 aliphatic carbocycles. The number of methoxy groups -OCH3 is 1. The molecule has 5 rings (SSSR count). The number of carbonyl (C=O) groups is 2. The summed E-state index contributed by atoms with van der Waals surface area (Å²) < 4.78 is 5.43. The molecule has 3 aromatic carbocycles. The number of carbonyl (C=O) groups excluding carboxylic acids is 2. The van der Waals surface area contributed by atoms with E-state index in [-0.39, 0.29) is 29.9 Å². The molecule has 7 heteroatoms. The highest BCUT2D eigenvalue weighted by atomic mass is 16.5. The van der Waals surface area contributed by atoms with E-state index in [9.17, 15) is 14.7 Å². The van der Waals surface area contributed by atoms with E-state index in [4.69, 9.17) is 10.5 Å². The fraction of sp³-hybridized carbons (Fsp3) is 0.447. The first kappa shape index (κ1) is 40.7. The Morgan fingerprint density at radius 3 is 2.41 bits per heavy atom. The molecule has 1 aliphatic heterocycles. The van der Waals surface area contributed by atoms with Crippen molar-refractivity contribution in [2.24, 2.45) is 17.1 Å². The molecule has 3 aromatic rings. The molecular weight excluding hydrogens is 671 g/mol. The predicted octanol–water partition coefficient (Wildman–Crippen LogP) is 8.58. The van der Waals surface area contributed by atoms with E-state index in [0.717, 1.165) is 67.3 Å². The van der Waals surface area contributed by atoms with Gasteiger partial charge < -0.3 is 26.2 Å². The fourth-order valence-corrected chi connectivity index (χ4v) is 8.55. The zero-order valence-electron chi connectivity index (χ0n) is 32.7. The molecular formula is C47H61N3O4. The van der Waals surface area contributed by atoms with Crippen molar-refractivity contribution in [3.8, 4) is 11.5 Å². The Kier molecular flexibility index (Phi) is 15.3. The van der Waals surface area contributed by atoms with Crippen LogP contribution in [0, 0.1) is 11.3 Å². The van der Waals surface area contributed by atoms with Gasteiger partial charge in [0.2, 0.25) is 0 Å². The minimum atomic E-state index is -0.287. The van der Waals surface area contributed by atoms with Gasteiger partial charge >= 0.3 is 0 Å². The summed E-state index contributed by atoms with van der Waals surface area (Å²) in [6.45, 7) is 3.33. The first-order valence-corrected chi connectivity index (χ1v) is 20.0. The van der Waals surface area contributed by atoms with Crippen molar-refractivity contribution in [1.29, 1.82) is 0 Å². The monoisotopic (exact) mass is 731 g/mol. The van der Waals surface area contributed by atoms with Crippen molar-refractivity contribution in [3.63, 3.8) is 0 Å². The lowest BCUT2D eigenvalue weighted by molar-refractivity contribution is -0.124. The van der Waals surface area contributed by atoms with E-state index in [1.165, 1.54) is 62.0 Å². The summed E-state index contributed by atoms with van der Waals surface area (Å²) >= 11 is 0. The third-order valence-corrected chi connectivity index (χ3v) is 11.3. The largest absolute Gasteiger partial charge is 0.504 e. The van der Waals surface area contributed by atoms with Gasteiger partial charge in [-0.25, -0.2) is 0 Å². The van der Waals surface area contributed by atoms with Gasteiger partial charge in [-0.3, -0.25) is 9.59 Å². The topological polar surface area (TPSA) is 114 Å². The van der Waals surface area contributed by atoms with Gasteiger partial charge in [0.15, 0.2) is 17.3 Å². The number of nitrogens with two attached hydrogens (primary N) is 1. The van der Waals surface area contributed by atoms with Crippen LogP contribution < -0.4 is 21.1 Å². The summed E-state index contributed by atoms with van der Waals surface area (Å²) in [5.74, 6) is 0.754. The highest BCUT2D eigenvalue weighted by molar-refractivity contribution is 6.06. The number of Topliss-reactive ketones (excluding diaryl/α,β-unsaturated/α-hetero) is 1. The van der Waals surface area contributed by atoms with Crippen molar-refractivity contribution in [3.05, 3.63) is 124 Å². The van der Waals surface area contributed by atoms with Gasteiger partial charge in [0, 0.05) is 12.6 Å². The quantitative estimate of drug-likeness (QED) is 0.0642. The number of dihydropyridines is 1. The van der Waals surface area contributed by atoms with Gasteiger partial charge in [-0.1, -0.05) is 80.4 Å². The molecule has 2 unspecified atom stereocenters. The molecule has 0 bridgehead atoms. The van der Waals surface area contributed by atoms with E-state index >= 15 is 0 Å². The van der Waals surface area contributed by atoms with Crippen LogP contribution in [0.5, 0.6) is 11.5 Å². The summed E-state index contributed by atoms with van der Waals surface area (Å²) in [5.41, 5.74) is 14.4. The third kappa shape index (κ3) is 12.3. The molecule has 288 valence electrons. The van der Waals surface area contributed by atoms with Crippen LogP contribution in [0.25, 0.3) is 6.08 Å². The first-order valence-electron chi connectivity index (χ1n) is 20.0. The number of hydrogen-bond acceptors (Lipinski definition) is 7. The predicted molar refractivity (Wildman–Crippen MR) is 220 cm³/mol. The SMILES string of the molecule is CNCC(C)CC1(CCCC(=O)CC(=O)C=Cc2cc(OC)c(O)cc2CC2=CNC(N)C=C2CCc2cccc(CCc3ccccc3)c2)CCCC1. The molecule has 2 aliphatic rings. The second-order valence-electron chi connectivity index (χ2n) is 15.7. The lowest BCUT2D eigenvalue weighted by Gasteiger charge is -2.32. The Labute approximate surface area is 323 Å². The van der Waals surface area contributed by atoms with Crippen LogP contribution in [0.2, 0.25) is 0 Å². The molecule has 2 atom stereocenters. The summed E-state index contributed by atoms with van der Waals surface area (Å²) in [7, 11) is 3.52. The Hall–Kier alpha value is -4.46. The fourth-order valence-electron chi connectivity index (χ4n) is 8.55. The molecule has 0 aromatic heterocycles. The van der Waals surface area contributed by atoms with Crippen LogP contribution in [0.4, 0.5) is 0 Å². The zero-order chi connectivity index (χ0) is 38.3. The van der Waals surface area contributed by atoms with Gasteiger partial charge in [0.05, 0.1) is 19.7 Å². The van der Waals surface area contributed by atoms with Crippen LogP contribution in [0.1, 0.15) is 98.9 Å². The molecule has 0 amide bonds. The summed E-state index contributed by atoms with van der Waals surface area (Å²) in [6.07, 6.45) is 19.7. The molecule has 1 fully saturated rings. The van der Waals surface area contributed by atoms with E-state index in [0.29, 0.717) is 29.9 Å². The minimum Gasteiger partial charge on any atom is -0.504 e. The molecule has 0 spiro atoms. The minimum absolute atomic E-state index is 0.00383. The number of phenolic OH excluding ortho intramolecular Hbond substituents is 1. The molecule has 54 heavy (non-hydrogen) atoms. The van der Waals surface area contributed by atoms with E-state index in [1.807, 2.05) is 13.2 Å². The number of nitrogens with one attached hydrogen (secondary N) is 2. The van der Waals surface area contributed by atoms with E-state index < -0.39 is 0 Å². The highest BCUT2D eigenvalue weighted by Crippen LogP contribution is 2.47. The molecule has 1 heterocycles. The average molecular weight is 732 g/mol. The van der Waals surface area contributed by atoms with Crippen molar-refractivity contribution in [2.45, 2.75) is 103 Å². The third-order valence-electron chi connectivity index (χ3n) is 11.3. The molecule has 0 saturated heterocycles. The van der Waals surface area contributed by atoms with Gasteiger partial charge in [-0.05, 0) is 152 Å². The Balaban J connectivity index is 1.19. The first-order chi connectivity index (χ1) is 26.1. The maximum absolute atomic E-state index is 13.1. The highest BCUT2D eigenvalue weighted by Gasteiger charge is 2.34. The number of phenols is 1. The Morgan fingerprint density at radius 2 is 1.69 bits per heavy atom.